The summed E-state index contributed by atoms with van der Waals surface area (Å²) in [6.45, 7) is 0.135. The first-order valence-corrected chi connectivity index (χ1v) is 10.6. The van der Waals surface area contributed by atoms with Gasteiger partial charge >= 0.3 is 0 Å². The Morgan fingerprint density at radius 1 is 1.22 bits per heavy atom. The molecule has 2 aromatic rings. The highest BCUT2D eigenvalue weighted by atomic mass is 32.2. The van der Waals surface area contributed by atoms with Crippen LogP contribution in [0, 0.1) is 0 Å². The van der Waals surface area contributed by atoms with Gasteiger partial charge in [0.15, 0.2) is 9.84 Å². The van der Waals surface area contributed by atoms with Crippen LogP contribution in [-0.2, 0) is 21.0 Å². The highest BCUT2D eigenvalue weighted by molar-refractivity contribution is 7.91. The van der Waals surface area contributed by atoms with E-state index in [0.29, 0.717) is 5.56 Å². The van der Waals surface area contributed by atoms with Crippen LogP contribution in [0.5, 0.6) is 0 Å². The number of benzene rings is 2. The first-order valence-electron chi connectivity index (χ1n) is 8.91. The molecule has 6 nitrogen and oxygen atoms in total. The molecule has 2 aromatic carbocycles. The normalized spacial score (nSPS) is 16.6. The van der Waals surface area contributed by atoms with Gasteiger partial charge in [0.1, 0.15) is 0 Å². The second-order valence-corrected chi connectivity index (χ2v) is 8.82. The van der Waals surface area contributed by atoms with Gasteiger partial charge in [-0.05, 0) is 66.8 Å². The highest BCUT2D eigenvalue weighted by Crippen LogP contribution is 2.31. The van der Waals surface area contributed by atoms with Crippen LogP contribution in [0.1, 0.15) is 40.4 Å². The van der Waals surface area contributed by atoms with Crippen LogP contribution in [0.15, 0.2) is 47.4 Å². The molecular formula is C20H24N2O4S. The second-order valence-electron chi connectivity index (χ2n) is 6.71. The van der Waals surface area contributed by atoms with Gasteiger partial charge in [-0.2, -0.15) is 0 Å². The van der Waals surface area contributed by atoms with Crippen LogP contribution in [0.25, 0.3) is 0 Å². The average Bonchev–Trinajstić information content (AvgIpc) is 2.66. The van der Waals surface area contributed by atoms with Crippen LogP contribution >= 0.6 is 0 Å². The number of carbonyl (C=O) groups excluding carboxylic acids is 1. The molecule has 3 N–H and O–H groups in total. The molecule has 1 amide bonds. The van der Waals surface area contributed by atoms with E-state index in [-0.39, 0.29) is 29.2 Å². The molecule has 7 heteroatoms. The van der Waals surface area contributed by atoms with E-state index in [1.807, 2.05) is 18.2 Å². The third-order valence-electron chi connectivity index (χ3n) is 4.82. The minimum atomic E-state index is -3.40. The topological polar surface area (TPSA) is 98.5 Å². The molecule has 1 aliphatic rings. The summed E-state index contributed by atoms with van der Waals surface area (Å²) >= 11 is 0. The first kappa shape index (κ1) is 19.4. The smallest absolute Gasteiger partial charge is 0.251 e. The SMILES string of the molecule is COCCS(=O)(=O)c1ccc(C(=O)NC2CCCc3cc(N)ccc32)cc1. The summed E-state index contributed by atoms with van der Waals surface area (Å²) < 4.78 is 29.2. The molecular weight excluding hydrogens is 364 g/mol. The summed E-state index contributed by atoms with van der Waals surface area (Å²) in [5, 5.41) is 3.05. The lowest BCUT2D eigenvalue weighted by Crippen LogP contribution is -2.31. The maximum absolute atomic E-state index is 12.6. The van der Waals surface area contributed by atoms with E-state index in [9.17, 15) is 13.2 Å². The van der Waals surface area contributed by atoms with Crippen molar-refractivity contribution in [3.63, 3.8) is 0 Å². The number of carbonyl (C=O) groups is 1. The van der Waals surface area contributed by atoms with Crippen molar-refractivity contribution in [2.75, 3.05) is 25.2 Å². The molecule has 0 spiro atoms. The zero-order chi connectivity index (χ0) is 19.4. The Hall–Kier alpha value is -2.38. The number of ether oxygens (including phenoxy) is 1. The van der Waals surface area contributed by atoms with Crippen molar-refractivity contribution in [1.82, 2.24) is 5.32 Å². The van der Waals surface area contributed by atoms with Crippen molar-refractivity contribution in [3.05, 3.63) is 59.2 Å². The van der Waals surface area contributed by atoms with Gasteiger partial charge in [-0.1, -0.05) is 6.07 Å². The van der Waals surface area contributed by atoms with E-state index < -0.39 is 9.84 Å². The average molecular weight is 388 g/mol. The molecule has 3 rings (SSSR count). The molecule has 0 saturated carbocycles. The Balaban J connectivity index is 1.73. The number of fused-ring (bicyclic) bond motifs is 1. The number of hydrogen-bond acceptors (Lipinski definition) is 5. The zero-order valence-electron chi connectivity index (χ0n) is 15.3. The number of nitrogens with two attached hydrogens (primary N) is 1. The third kappa shape index (κ3) is 4.48. The molecule has 0 saturated heterocycles. The minimum absolute atomic E-state index is 0.0630. The number of hydrogen-bond donors (Lipinski definition) is 2. The van der Waals surface area contributed by atoms with E-state index >= 15 is 0 Å². The number of anilines is 1. The quantitative estimate of drug-likeness (QED) is 0.741. The monoisotopic (exact) mass is 388 g/mol. The Labute approximate surface area is 159 Å². The minimum Gasteiger partial charge on any atom is -0.399 e. The van der Waals surface area contributed by atoms with Crippen LogP contribution in [0.2, 0.25) is 0 Å². The molecule has 0 aliphatic heterocycles. The summed E-state index contributed by atoms with van der Waals surface area (Å²) in [5.41, 5.74) is 9.29. The highest BCUT2D eigenvalue weighted by Gasteiger charge is 2.23. The summed E-state index contributed by atoms with van der Waals surface area (Å²) in [4.78, 5) is 12.8. The number of amides is 1. The van der Waals surface area contributed by atoms with Crippen molar-refractivity contribution in [2.24, 2.45) is 0 Å². The van der Waals surface area contributed by atoms with Gasteiger partial charge in [0.2, 0.25) is 0 Å². The van der Waals surface area contributed by atoms with E-state index in [2.05, 4.69) is 5.32 Å². The van der Waals surface area contributed by atoms with Gasteiger partial charge in [-0.15, -0.1) is 0 Å². The lowest BCUT2D eigenvalue weighted by atomic mass is 9.87. The Kier molecular flexibility index (Phi) is 5.82. The summed E-state index contributed by atoms with van der Waals surface area (Å²) in [5.74, 6) is -0.303. The van der Waals surface area contributed by atoms with Crippen LogP contribution in [-0.4, -0.2) is 33.8 Å². The standard InChI is InChI=1S/C20H24N2O4S/c1-26-11-12-27(24,25)17-8-5-14(6-9-17)20(23)22-19-4-2-3-15-13-16(21)7-10-18(15)19/h5-10,13,19H,2-4,11-12,21H2,1H3,(H,22,23). The number of sulfone groups is 1. The second kappa shape index (κ2) is 8.10. The molecule has 1 aliphatic carbocycles. The largest absolute Gasteiger partial charge is 0.399 e. The number of methoxy groups -OCH3 is 1. The summed E-state index contributed by atoms with van der Waals surface area (Å²) in [7, 11) is -1.95. The molecule has 0 heterocycles. The van der Waals surface area contributed by atoms with Crippen molar-refractivity contribution in [2.45, 2.75) is 30.2 Å². The van der Waals surface area contributed by atoms with Gasteiger partial charge in [0.25, 0.3) is 5.91 Å². The Bertz CT molecular complexity index is 923. The zero-order valence-corrected chi connectivity index (χ0v) is 16.1. The van der Waals surface area contributed by atoms with E-state index in [1.165, 1.54) is 24.8 Å². The van der Waals surface area contributed by atoms with Crippen molar-refractivity contribution in [3.8, 4) is 0 Å². The van der Waals surface area contributed by atoms with E-state index in [0.717, 1.165) is 30.5 Å². The predicted octanol–water partition coefficient (Wildman–Crippen LogP) is 2.50. The van der Waals surface area contributed by atoms with Crippen molar-refractivity contribution in [1.29, 1.82) is 0 Å². The Morgan fingerprint density at radius 3 is 2.67 bits per heavy atom. The maximum atomic E-state index is 12.6. The lowest BCUT2D eigenvalue weighted by Gasteiger charge is -2.26. The molecule has 0 fully saturated rings. The van der Waals surface area contributed by atoms with Crippen LogP contribution < -0.4 is 11.1 Å². The number of nitrogen functional groups attached to an aromatic ring is 1. The first-order chi connectivity index (χ1) is 12.9. The predicted molar refractivity (Wildman–Crippen MR) is 104 cm³/mol. The molecule has 0 aromatic heterocycles. The molecule has 0 bridgehead atoms. The van der Waals surface area contributed by atoms with E-state index in [1.54, 1.807) is 12.1 Å². The van der Waals surface area contributed by atoms with Gasteiger partial charge in [-0.3, -0.25) is 4.79 Å². The number of rotatable bonds is 6. The van der Waals surface area contributed by atoms with Gasteiger partial charge in [0, 0.05) is 18.4 Å². The fourth-order valence-corrected chi connectivity index (χ4v) is 4.52. The summed E-state index contributed by atoms with van der Waals surface area (Å²) in [6, 6.07) is 11.7. The van der Waals surface area contributed by atoms with Gasteiger partial charge < -0.3 is 15.8 Å². The van der Waals surface area contributed by atoms with Crippen molar-refractivity contribution >= 4 is 21.4 Å². The molecule has 1 atom stereocenters. The molecule has 0 radical (unpaired) electrons. The lowest BCUT2D eigenvalue weighted by molar-refractivity contribution is 0.0932. The summed E-state index contributed by atoms with van der Waals surface area (Å²) in [6.07, 6.45) is 2.81. The number of nitrogens with one attached hydrogen (secondary N) is 1. The molecule has 144 valence electrons. The van der Waals surface area contributed by atoms with Crippen LogP contribution in [0.4, 0.5) is 5.69 Å². The third-order valence-corrected chi connectivity index (χ3v) is 6.51. The fourth-order valence-electron chi connectivity index (χ4n) is 3.35. The maximum Gasteiger partial charge on any atom is 0.251 e. The van der Waals surface area contributed by atoms with Crippen LogP contribution in [0.3, 0.4) is 0 Å². The Morgan fingerprint density at radius 2 is 1.96 bits per heavy atom. The molecule has 1 unspecified atom stereocenters. The molecule has 27 heavy (non-hydrogen) atoms. The van der Waals surface area contributed by atoms with Gasteiger partial charge in [0.05, 0.1) is 23.3 Å². The van der Waals surface area contributed by atoms with Gasteiger partial charge in [-0.25, -0.2) is 8.42 Å². The van der Waals surface area contributed by atoms with E-state index in [4.69, 9.17) is 10.5 Å². The number of aryl methyl sites for hydroxylation is 1. The fraction of sp³-hybridized carbons (Fsp3) is 0.350. The van der Waals surface area contributed by atoms with Crippen molar-refractivity contribution < 1.29 is 17.9 Å².